The van der Waals surface area contributed by atoms with Gasteiger partial charge in [0.1, 0.15) is 12.3 Å². The highest BCUT2D eigenvalue weighted by Gasteiger charge is 2.38. The number of imide groups is 1. The average Bonchev–Trinajstić information content (AvgIpc) is 3.13. The molecule has 26 heavy (non-hydrogen) atoms. The first-order valence-corrected chi connectivity index (χ1v) is 9.47. The van der Waals surface area contributed by atoms with Gasteiger partial charge in [0.2, 0.25) is 5.91 Å². The number of carbonyl (C=O) groups excluding carboxylic acids is 3. The van der Waals surface area contributed by atoms with Gasteiger partial charge in [0.25, 0.3) is 11.1 Å². The number of likely N-dealkylation sites (tertiary alicyclic amines) is 1. The quantitative estimate of drug-likeness (QED) is 0.712. The monoisotopic (exact) mass is 442 g/mol. The number of piperidine rings is 1. The van der Waals surface area contributed by atoms with Crippen molar-refractivity contribution in [1.29, 1.82) is 0 Å². The third-order valence-electron chi connectivity index (χ3n) is 4.23. The fraction of sp³-hybridized carbons (Fsp3) is 0.375. The summed E-state index contributed by atoms with van der Waals surface area (Å²) in [7, 11) is 0. The number of carboxylic acid groups (broad SMARTS) is 1. The summed E-state index contributed by atoms with van der Waals surface area (Å²) >= 11 is 3.91. The number of thioether (sulfide) groups is 1. The maximum absolute atomic E-state index is 12.4. The van der Waals surface area contributed by atoms with Crippen LogP contribution in [0.4, 0.5) is 4.79 Å². The Balaban J connectivity index is 1.62. The summed E-state index contributed by atoms with van der Waals surface area (Å²) in [4.78, 5) is 50.4. The Morgan fingerprint density at radius 1 is 1.31 bits per heavy atom. The van der Waals surface area contributed by atoms with E-state index in [4.69, 9.17) is 9.52 Å². The van der Waals surface area contributed by atoms with Crippen LogP contribution in [0.1, 0.15) is 18.6 Å². The van der Waals surface area contributed by atoms with E-state index in [0.29, 0.717) is 36.4 Å². The average molecular weight is 443 g/mol. The lowest BCUT2D eigenvalue weighted by Crippen LogP contribution is -2.46. The van der Waals surface area contributed by atoms with Gasteiger partial charge in [0.15, 0.2) is 4.67 Å². The predicted molar refractivity (Wildman–Crippen MR) is 96.0 cm³/mol. The largest absolute Gasteiger partial charge is 0.481 e. The molecule has 0 aromatic carbocycles. The Hall–Kier alpha value is -2.07. The van der Waals surface area contributed by atoms with Gasteiger partial charge in [0, 0.05) is 19.2 Å². The van der Waals surface area contributed by atoms with Crippen molar-refractivity contribution in [2.24, 2.45) is 5.92 Å². The summed E-state index contributed by atoms with van der Waals surface area (Å²) in [6, 6.07) is 3.32. The number of carboxylic acids is 1. The lowest BCUT2D eigenvalue weighted by molar-refractivity contribution is -0.146. The molecular weight excluding hydrogens is 428 g/mol. The number of carbonyl (C=O) groups is 4. The van der Waals surface area contributed by atoms with Crippen LogP contribution >= 0.6 is 27.7 Å². The van der Waals surface area contributed by atoms with E-state index in [1.807, 2.05) is 0 Å². The van der Waals surface area contributed by atoms with E-state index in [1.54, 1.807) is 12.1 Å². The Morgan fingerprint density at radius 3 is 2.58 bits per heavy atom. The minimum atomic E-state index is -0.863. The molecule has 2 saturated heterocycles. The van der Waals surface area contributed by atoms with Crippen LogP contribution < -0.4 is 0 Å². The second-order valence-electron chi connectivity index (χ2n) is 5.90. The van der Waals surface area contributed by atoms with Gasteiger partial charge in [-0.15, -0.1) is 0 Å². The number of amides is 3. The van der Waals surface area contributed by atoms with Crippen LogP contribution in [-0.2, 0) is 14.4 Å². The Morgan fingerprint density at radius 2 is 2.00 bits per heavy atom. The van der Waals surface area contributed by atoms with E-state index >= 15 is 0 Å². The van der Waals surface area contributed by atoms with Gasteiger partial charge in [-0.3, -0.25) is 24.1 Å². The molecule has 0 aliphatic carbocycles. The maximum atomic E-state index is 12.4. The van der Waals surface area contributed by atoms with Gasteiger partial charge in [-0.2, -0.15) is 0 Å². The summed E-state index contributed by atoms with van der Waals surface area (Å²) in [6.07, 6.45) is 2.20. The lowest BCUT2D eigenvalue weighted by atomic mass is 9.97. The summed E-state index contributed by atoms with van der Waals surface area (Å²) in [5.41, 5.74) is 0. The van der Waals surface area contributed by atoms with E-state index in [9.17, 15) is 19.2 Å². The number of furan rings is 1. The molecule has 8 nitrogen and oxygen atoms in total. The highest BCUT2D eigenvalue weighted by molar-refractivity contribution is 9.10. The smallest absolute Gasteiger partial charge is 0.306 e. The van der Waals surface area contributed by atoms with Crippen LogP contribution in [0.15, 0.2) is 26.1 Å². The van der Waals surface area contributed by atoms with Crippen LogP contribution in [0.5, 0.6) is 0 Å². The molecule has 2 aliphatic heterocycles. The first-order valence-electron chi connectivity index (χ1n) is 7.86. The number of hydrogen-bond acceptors (Lipinski definition) is 6. The molecule has 1 aromatic rings. The molecule has 0 bridgehead atoms. The first-order chi connectivity index (χ1) is 12.3. The highest BCUT2D eigenvalue weighted by atomic mass is 79.9. The molecule has 10 heteroatoms. The van der Waals surface area contributed by atoms with Crippen LogP contribution in [0.3, 0.4) is 0 Å². The fourth-order valence-electron chi connectivity index (χ4n) is 2.78. The van der Waals surface area contributed by atoms with Crippen LogP contribution in [-0.4, -0.2) is 57.6 Å². The molecule has 1 aromatic heterocycles. The van der Waals surface area contributed by atoms with E-state index < -0.39 is 23.0 Å². The highest BCUT2D eigenvalue weighted by Crippen LogP contribution is 2.33. The summed E-state index contributed by atoms with van der Waals surface area (Å²) in [5.74, 6) is -1.80. The molecule has 1 N–H and O–H groups in total. The summed E-state index contributed by atoms with van der Waals surface area (Å²) in [6.45, 7) is 0.270. The van der Waals surface area contributed by atoms with E-state index in [0.717, 1.165) is 16.7 Å². The van der Waals surface area contributed by atoms with Crippen molar-refractivity contribution >= 4 is 56.8 Å². The van der Waals surface area contributed by atoms with E-state index in [-0.39, 0.29) is 17.4 Å². The molecule has 2 aliphatic rings. The first kappa shape index (κ1) is 18.7. The summed E-state index contributed by atoms with van der Waals surface area (Å²) in [5, 5.41) is 8.48. The number of hydrogen-bond donors (Lipinski definition) is 1. The van der Waals surface area contributed by atoms with Crippen LogP contribution in [0, 0.1) is 5.92 Å². The predicted octanol–water partition coefficient (Wildman–Crippen LogP) is 2.40. The fourth-order valence-corrected chi connectivity index (χ4v) is 3.92. The van der Waals surface area contributed by atoms with Gasteiger partial charge in [0.05, 0.1) is 10.8 Å². The van der Waals surface area contributed by atoms with Crippen molar-refractivity contribution < 1.29 is 28.7 Å². The third-order valence-corrected chi connectivity index (χ3v) is 5.56. The number of halogens is 1. The third kappa shape index (κ3) is 4.01. The number of nitrogens with zero attached hydrogens (tertiary/aromatic N) is 2. The lowest BCUT2D eigenvalue weighted by Gasteiger charge is -2.30. The molecule has 0 saturated carbocycles. The zero-order chi connectivity index (χ0) is 18.8. The van der Waals surface area contributed by atoms with Crippen molar-refractivity contribution in [1.82, 2.24) is 9.80 Å². The topological polar surface area (TPSA) is 108 Å². The van der Waals surface area contributed by atoms with Crippen molar-refractivity contribution in [2.75, 3.05) is 19.6 Å². The molecule has 2 fully saturated rings. The molecule has 3 heterocycles. The Bertz CT molecular complexity index is 796. The van der Waals surface area contributed by atoms with Gasteiger partial charge in [-0.25, -0.2) is 0 Å². The van der Waals surface area contributed by atoms with Crippen molar-refractivity contribution in [3.8, 4) is 0 Å². The molecule has 0 spiro atoms. The van der Waals surface area contributed by atoms with E-state index in [2.05, 4.69) is 15.9 Å². The Labute approximate surface area is 161 Å². The van der Waals surface area contributed by atoms with Gasteiger partial charge in [-0.1, -0.05) is 0 Å². The van der Waals surface area contributed by atoms with Crippen molar-refractivity contribution in [3.63, 3.8) is 0 Å². The molecular formula is C16H15BrN2O6S. The molecule has 138 valence electrons. The molecule has 3 rings (SSSR count). The van der Waals surface area contributed by atoms with E-state index in [1.165, 1.54) is 11.0 Å². The van der Waals surface area contributed by atoms with Crippen LogP contribution in [0.25, 0.3) is 6.08 Å². The standard InChI is InChI=1S/C16H15BrN2O6S/c17-12-2-1-10(25-12)7-11-14(21)19(16(24)26-11)8-13(20)18-5-3-9(4-6-18)15(22)23/h1-2,7,9H,3-6,8H2,(H,22,23). The second-order valence-corrected chi connectivity index (χ2v) is 7.68. The maximum Gasteiger partial charge on any atom is 0.306 e. The van der Waals surface area contributed by atoms with Crippen LogP contribution in [0.2, 0.25) is 0 Å². The molecule has 0 unspecified atom stereocenters. The zero-order valence-corrected chi connectivity index (χ0v) is 15.9. The number of rotatable bonds is 4. The molecule has 0 radical (unpaired) electrons. The molecule has 0 atom stereocenters. The summed E-state index contributed by atoms with van der Waals surface area (Å²) < 4.78 is 5.79. The zero-order valence-electron chi connectivity index (χ0n) is 13.5. The van der Waals surface area contributed by atoms with Gasteiger partial charge in [-0.05, 0) is 52.7 Å². The Kier molecular flexibility index (Phi) is 5.52. The van der Waals surface area contributed by atoms with Crippen molar-refractivity contribution in [3.05, 3.63) is 27.5 Å². The minimum absolute atomic E-state index is 0.189. The van der Waals surface area contributed by atoms with Gasteiger partial charge >= 0.3 is 5.97 Å². The second kappa shape index (κ2) is 7.67. The van der Waals surface area contributed by atoms with Crippen molar-refractivity contribution in [2.45, 2.75) is 12.8 Å². The normalized spacial score (nSPS) is 20.3. The minimum Gasteiger partial charge on any atom is -0.481 e. The van der Waals surface area contributed by atoms with Gasteiger partial charge < -0.3 is 14.4 Å². The molecule has 3 amide bonds. The number of aliphatic carboxylic acids is 1. The SMILES string of the molecule is O=C(O)C1CCN(C(=O)CN2C(=O)SC(=Cc3ccc(Br)o3)C2=O)CC1.